The second-order valence-electron chi connectivity index (χ2n) is 14.2. The SMILES string of the molecule is CCCCOC1CCC(C2CC[C@]3(CC2)C(=O)[C@@]2(CCC(C4CCC(OCCCC)CC4)CC2)[C@H]3F)CC1. The molecular weight excluding hydrogens is 475 g/mol. The average Bonchev–Trinajstić information content (AvgIpc) is 2.98. The monoisotopic (exact) mass is 532 g/mol. The van der Waals surface area contributed by atoms with Gasteiger partial charge in [0.05, 0.1) is 23.0 Å². The van der Waals surface area contributed by atoms with Crippen molar-refractivity contribution in [1.29, 1.82) is 0 Å². The number of hydrogen-bond acceptors (Lipinski definition) is 3. The summed E-state index contributed by atoms with van der Waals surface area (Å²) in [5.41, 5.74) is -1.23. The summed E-state index contributed by atoms with van der Waals surface area (Å²) in [7, 11) is 0. The fraction of sp³-hybridized carbons (Fsp3) is 0.971. The standard InChI is InChI=1S/C34H57FO3/c1-3-5-23-37-29-11-7-25(8-12-29)27-15-19-33(20-16-27)31(35)34(32(33)36)21-17-28(18-22-34)26-9-13-30(14-10-26)38-24-6-4-2/h25-31H,3-24H2,1-2H3/t25?,26?,27?,28?,29?,30?,31?,33-,34-. The third kappa shape index (κ3) is 5.79. The average molecular weight is 533 g/mol. The molecule has 0 radical (unpaired) electrons. The molecule has 5 aliphatic rings. The lowest BCUT2D eigenvalue weighted by Gasteiger charge is -2.62. The molecule has 4 heteroatoms. The minimum atomic E-state index is -0.880. The van der Waals surface area contributed by atoms with Gasteiger partial charge in [-0.05, 0) is 139 Å². The maximum Gasteiger partial charge on any atom is 0.151 e. The molecule has 0 aromatic heterocycles. The van der Waals surface area contributed by atoms with Gasteiger partial charge in [0, 0.05) is 13.2 Å². The fourth-order valence-electron chi connectivity index (χ4n) is 9.63. The van der Waals surface area contributed by atoms with E-state index in [2.05, 4.69) is 13.8 Å². The Bertz CT molecular complexity index is 675. The molecule has 2 spiro atoms. The van der Waals surface area contributed by atoms with Crippen LogP contribution >= 0.6 is 0 Å². The summed E-state index contributed by atoms with van der Waals surface area (Å²) >= 11 is 0. The smallest absolute Gasteiger partial charge is 0.151 e. The number of ether oxygens (including phenoxy) is 2. The number of carbonyl (C=O) groups is 1. The molecule has 0 aliphatic heterocycles. The van der Waals surface area contributed by atoms with Crippen molar-refractivity contribution in [1.82, 2.24) is 0 Å². The van der Waals surface area contributed by atoms with Crippen LogP contribution in [0.5, 0.6) is 0 Å². The fourth-order valence-corrected chi connectivity index (χ4v) is 9.63. The van der Waals surface area contributed by atoms with Crippen molar-refractivity contribution in [2.24, 2.45) is 34.5 Å². The first-order valence-corrected chi connectivity index (χ1v) is 16.9. The van der Waals surface area contributed by atoms with E-state index in [1.54, 1.807) is 0 Å². The van der Waals surface area contributed by atoms with Crippen molar-refractivity contribution in [2.75, 3.05) is 13.2 Å². The van der Waals surface area contributed by atoms with Crippen molar-refractivity contribution in [3.05, 3.63) is 0 Å². The van der Waals surface area contributed by atoms with Gasteiger partial charge in [-0.3, -0.25) is 4.79 Å². The molecule has 0 saturated heterocycles. The maximum absolute atomic E-state index is 16.1. The molecule has 0 aromatic rings. The van der Waals surface area contributed by atoms with E-state index in [0.29, 0.717) is 29.8 Å². The number of ketones is 1. The second-order valence-corrected chi connectivity index (χ2v) is 14.2. The highest BCUT2D eigenvalue weighted by molar-refractivity contribution is 5.98. The summed E-state index contributed by atoms with van der Waals surface area (Å²) in [6, 6.07) is 0. The predicted molar refractivity (Wildman–Crippen MR) is 152 cm³/mol. The molecule has 0 aromatic carbocycles. The van der Waals surface area contributed by atoms with Gasteiger partial charge in [-0.15, -0.1) is 0 Å². The minimum absolute atomic E-state index is 0.343. The van der Waals surface area contributed by atoms with E-state index < -0.39 is 17.0 Å². The molecule has 0 heterocycles. The van der Waals surface area contributed by atoms with Crippen molar-refractivity contribution in [3.63, 3.8) is 0 Å². The van der Waals surface area contributed by atoms with Crippen molar-refractivity contribution < 1.29 is 18.7 Å². The van der Waals surface area contributed by atoms with Gasteiger partial charge in [0.15, 0.2) is 5.78 Å². The van der Waals surface area contributed by atoms with Crippen LogP contribution in [0.2, 0.25) is 0 Å². The Morgan fingerprint density at radius 1 is 0.605 bits per heavy atom. The van der Waals surface area contributed by atoms with Crippen molar-refractivity contribution >= 4 is 5.78 Å². The van der Waals surface area contributed by atoms with Crippen molar-refractivity contribution in [2.45, 2.75) is 161 Å². The van der Waals surface area contributed by atoms with Crippen LogP contribution in [0, 0.1) is 34.5 Å². The summed E-state index contributed by atoms with van der Waals surface area (Å²) < 4.78 is 28.3. The topological polar surface area (TPSA) is 35.5 Å². The summed E-state index contributed by atoms with van der Waals surface area (Å²) in [6.45, 7) is 6.26. The molecule has 0 atom stereocenters. The van der Waals surface area contributed by atoms with Crippen LogP contribution in [0.15, 0.2) is 0 Å². The lowest BCUT2D eigenvalue weighted by molar-refractivity contribution is -0.195. The van der Waals surface area contributed by atoms with E-state index in [1.807, 2.05) is 0 Å². The van der Waals surface area contributed by atoms with E-state index >= 15 is 4.39 Å². The van der Waals surface area contributed by atoms with E-state index in [0.717, 1.165) is 76.4 Å². The molecule has 38 heavy (non-hydrogen) atoms. The van der Waals surface area contributed by atoms with Crippen LogP contribution in [0.3, 0.4) is 0 Å². The zero-order valence-electron chi connectivity index (χ0n) is 24.7. The Kier molecular flexibility index (Phi) is 9.94. The van der Waals surface area contributed by atoms with Gasteiger partial charge in [0.1, 0.15) is 6.17 Å². The highest BCUT2D eigenvalue weighted by atomic mass is 19.1. The molecule has 0 unspecified atom stereocenters. The number of carbonyl (C=O) groups excluding carboxylic acids is 1. The Hall–Kier alpha value is -0.480. The first kappa shape index (κ1) is 29.0. The molecule has 3 nitrogen and oxygen atoms in total. The van der Waals surface area contributed by atoms with Gasteiger partial charge in [-0.1, -0.05) is 26.7 Å². The zero-order chi connectivity index (χ0) is 26.6. The lowest BCUT2D eigenvalue weighted by Crippen LogP contribution is -2.69. The first-order chi connectivity index (χ1) is 18.5. The summed E-state index contributed by atoms with van der Waals surface area (Å²) in [5, 5.41) is 0. The molecule has 5 rings (SSSR count). The van der Waals surface area contributed by atoms with Crippen LogP contribution in [0.25, 0.3) is 0 Å². The molecule has 5 fully saturated rings. The highest BCUT2D eigenvalue weighted by Crippen LogP contribution is 2.66. The summed E-state index contributed by atoms with van der Waals surface area (Å²) in [5.74, 6) is 3.28. The molecule has 0 N–H and O–H groups in total. The molecule has 5 saturated carbocycles. The molecule has 0 bridgehead atoms. The van der Waals surface area contributed by atoms with Crippen LogP contribution in [0.4, 0.5) is 4.39 Å². The highest BCUT2D eigenvalue weighted by Gasteiger charge is 2.71. The number of hydrogen-bond donors (Lipinski definition) is 0. The second kappa shape index (κ2) is 13.0. The van der Waals surface area contributed by atoms with Gasteiger partial charge in [-0.25, -0.2) is 4.39 Å². The van der Waals surface area contributed by atoms with Crippen molar-refractivity contribution in [3.8, 4) is 0 Å². The number of rotatable bonds is 10. The Morgan fingerprint density at radius 2 is 0.947 bits per heavy atom. The Morgan fingerprint density at radius 3 is 1.26 bits per heavy atom. The van der Waals surface area contributed by atoms with Crippen LogP contribution in [-0.2, 0) is 14.3 Å². The summed E-state index contributed by atoms with van der Waals surface area (Å²) in [6.07, 6.45) is 22.1. The minimum Gasteiger partial charge on any atom is -0.378 e. The zero-order valence-corrected chi connectivity index (χ0v) is 24.7. The largest absolute Gasteiger partial charge is 0.378 e. The number of halogens is 1. The molecular formula is C34H57FO3. The normalized spacial score (nSPS) is 43.9. The predicted octanol–water partition coefficient (Wildman–Crippen LogP) is 9.01. The number of alkyl halides is 1. The van der Waals surface area contributed by atoms with Gasteiger partial charge < -0.3 is 9.47 Å². The van der Waals surface area contributed by atoms with Gasteiger partial charge >= 0.3 is 0 Å². The molecule has 5 aliphatic carbocycles. The van der Waals surface area contributed by atoms with Gasteiger partial charge in [-0.2, -0.15) is 0 Å². The quantitative estimate of drug-likeness (QED) is 0.263. The Balaban J connectivity index is 1.04. The van der Waals surface area contributed by atoms with Gasteiger partial charge in [0.2, 0.25) is 0 Å². The maximum atomic E-state index is 16.1. The third-order valence-electron chi connectivity index (χ3n) is 12.2. The number of Topliss-reactive ketones (excluding diaryl/α,β-unsaturated/α-hetero) is 1. The van der Waals surface area contributed by atoms with Gasteiger partial charge in [0.25, 0.3) is 0 Å². The molecule has 218 valence electrons. The van der Waals surface area contributed by atoms with E-state index in [9.17, 15) is 4.79 Å². The number of unbranched alkanes of at least 4 members (excludes halogenated alkanes) is 2. The Labute approximate surface area is 232 Å². The van der Waals surface area contributed by atoms with E-state index in [4.69, 9.17) is 9.47 Å². The molecule has 0 amide bonds. The van der Waals surface area contributed by atoms with Crippen LogP contribution in [0.1, 0.15) is 142 Å². The van der Waals surface area contributed by atoms with Crippen LogP contribution in [-0.4, -0.2) is 37.4 Å². The third-order valence-corrected chi connectivity index (χ3v) is 12.2. The van der Waals surface area contributed by atoms with Crippen LogP contribution < -0.4 is 0 Å². The first-order valence-electron chi connectivity index (χ1n) is 16.9. The van der Waals surface area contributed by atoms with E-state index in [-0.39, 0.29) is 0 Å². The summed E-state index contributed by atoms with van der Waals surface area (Å²) in [4.78, 5) is 13.8. The lowest BCUT2D eigenvalue weighted by atomic mass is 9.41. The van der Waals surface area contributed by atoms with E-state index in [1.165, 1.54) is 77.0 Å².